The van der Waals surface area contributed by atoms with Gasteiger partial charge in [-0.25, -0.2) is 4.98 Å². The number of hydrogen-bond acceptors (Lipinski definition) is 4. The van der Waals surface area contributed by atoms with Crippen LogP contribution in [0.2, 0.25) is 0 Å². The Hall–Kier alpha value is -1.69. The van der Waals surface area contributed by atoms with Gasteiger partial charge < -0.3 is 5.73 Å². The van der Waals surface area contributed by atoms with E-state index in [1.165, 1.54) is 10.6 Å². The summed E-state index contributed by atoms with van der Waals surface area (Å²) in [4.78, 5) is 20.0. The van der Waals surface area contributed by atoms with Gasteiger partial charge in [0.25, 0.3) is 11.3 Å². The van der Waals surface area contributed by atoms with Crippen molar-refractivity contribution in [3.8, 4) is 0 Å². The van der Waals surface area contributed by atoms with Crippen molar-refractivity contribution >= 4 is 5.78 Å². The summed E-state index contributed by atoms with van der Waals surface area (Å²) in [5.41, 5.74) is 5.96. The molecule has 15 heavy (non-hydrogen) atoms. The molecule has 0 saturated heterocycles. The number of nitrogens with two attached hydrogens (primary N) is 1. The van der Waals surface area contributed by atoms with Crippen LogP contribution < -0.4 is 11.3 Å². The van der Waals surface area contributed by atoms with Gasteiger partial charge in [-0.1, -0.05) is 6.92 Å². The van der Waals surface area contributed by atoms with E-state index >= 15 is 0 Å². The highest BCUT2D eigenvalue weighted by Crippen LogP contribution is 1.98. The minimum Gasteiger partial charge on any atom is -0.330 e. The van der Waals surface area contributed by atoms with Crippen molar-refractivity contribution in [1.82, 2.24) is 19.6 Å². The second-order valence-electron chi connectivity index (χ2n) is 3.28. The second-order valence-corrected chi connectivity index (χ2v) is 3.28. The summed E-state index contributed by atoms with van der Waals surface area (Å²) >= 11 is 0. The topological polar surface area (TPSA) is 89.1 Å². The summed E-state index contributed by atoms with van der Waals surface area (Å²) in [6.07, 6.45) is 1.34. The van der Waals surface area contributed by atoms with E-state index in [9.17, 15) is 4.79 Å². The number of aromatic nitrogens is 4. The third kappa shape index (κ3) is 1.75. The third-order valence-corrected chi connectivity index (χ3v) is 2.17. The van der Waals surface area contributed by atoms with Gasteiger partial charge in [-0.15, -0.1) is 0 Å². The molecule has 6 nitrogen and oxygen atoms in total. The van der Waals surface area contributed by atoms with Gasteiger partial charge in [-0.3, -0.25) is 9.89 Å². The average Bonchev–Trinajstić information content (AvgIpc) is 2.62. The Bertz CT molecular complexity index is 527. The lowest BCUT2D eigenvalue weighted by Crippen LogP contribution is -2.17. The molecular formula is C9H13N5O. The molecule has 0 aliphatic carbocycles. The lowest BCUT2D eigenvalue weighted by molar-refractivity contribution is 0.834. The van der Waals surface area contributed by atoms with Gasteiger partial charge in [0.2, 0.25) is 0 Å². The molecule has 0 radical (unpaired) electrons. The summed E-state index contributed by atoms with van der Waals surface area (Å²) in [5, 5.41) is 2.88. The first-order chi connectivity index (χ1) is 7.24. The van der Waals surface area contributed by atoms with Crippen LogP contribution in [0, 0.1) is 0 Å². The van der Waals surface area contributed by atoms with Crippen molar-refractivity contribution in [2.45, 2.75) is 19.8 Å². The van der Waals surface area contributed by atoms with Gasteiger partial charge in [-0.05, 0) is 6.54 Å². The molecule has 0 aromatic carbocycles. The summed E-state index contributed by atoms with van der Waals surface area (Å²) in [5.74, 6) is 1.17. The number of nitrogens with one attached hydrogen (secondary N) is 1. The first kappa shape index (κ1) is 9.85. The maximum absolute atomic E-state index is 11.6. The molecule has 2 rings (SSSR count). The Morgan fingerprint density at radius 1 is 1.53 bits per heavy atom. The zero-order valence-corrected chi connectivity index (χ0v) is 8.53. The number of H-pyrrole nitrogens is 1. The Morgan fingerprint density at radius 3 is 3.00 bits per heavy atom. The quantitative estimate of drug-likeness (QED) is 0.708. The predicted molar refractivity (Wildman–Crippen MR) is 55.7 cm³/mol. The van der Waals surface area contributed by atoms with E-state index in [-0.39, 0.29) is 5.56 Å². The van der Waals surface area contributed by atoms with E-state index in [0.29, 0.717) is 24.4 Å². The SMILES string of the molecule is CCc1nc2nc(CCN)cc(=O)n2[nH]1. The van der Waals surface area contributed by atoms with E-state index in [1.807, 2.05) is 6.92 Å². The molecule has 0 amide bonds. The Balaban J connectivity index is 2.60. The Labute approximate surface area is 86.1 Å². The molecule has 0 saturated carbocycles. The van der Waals surface area contributed by atoms with Crippen LogP contribution in [0.5, 0.6) is 0 Å². The van der Waals surface area contributed by atoms with Gasteiger partial charge in [0, 0.05) is 18.9 Å². The number of aryl methyl sites for hydroxylation is 1. The van der Waals surface area contributed by atoms with E-state index in [0.717, 1.165) is 12.2 Å². The normalized spacial score (nSPS) is 11.1. The summed E-state index contributed by atoms with van der Waals surface area (Å²) in [6.45, 7) is 2.44. The first-order valence-electron chi connectivity index (χ1n) is 4.92. The maximum atomic E-state index is 11.6. The molecule has 2 heterocycles. The number of aromatic amines is 1. The zero-order valence-electron chi connectivity index (χ0n) is 8.53. The number of hydrogen-bond donors (Lipinski definition) is 2. The highest BCUT2D eigenvalue weighted by atomic mass is 16.1. The van der Waals surface area contributed by atoms with Crippen molar-refractivity contribution in [1.29, 1.82) is 0 Å². The summed E-state index contributed by atoms with van der Waals surface area (Å²) in [6, 6.07) is 1.48. The highest BCUT2D eigenvalue weighted by molar-refractivity contribution is 5.28. The molecule has 0 bridgehead atoms. The van der Waals surface area contributed by atoms with Crippen LogP contribution in [-0.2, 0) is 12.8 Å². The number of fused-ring (bicyclic) bond motifs is 1. The molecule has 0 aliphatic heterocycles. The van der Waals surface area contributed by atoms with Crippen molar-refractivity contribution in [3.05, 3.63) is 27.9 Å². The fourth-order valence-corrected chi connectivity index (χ4v) is 1.41. The van der Waals surface area contributed by atoms with Crippen molar-refractivity contribution < 1.29 is 0 Å². The van der Waals surface area contributed by atoms with Crippen molar-refractivity contribution in [2.24, 2.45) is 5.73 Å². The molecular weight excluding hydrogens is 194 g/mol. The molecule has 0 atom stereocenters. The largest absolute Gasteiger partial charge is 0.330 e. The van der Waals surface area contributed by atoms with Gasteiger partial charge in [-0.2, -0.15) is 9.50 Å². The number of nitrogens with zero attached hydrogens (tertiary/aromatic N) is 3. The highest BCUT2D eigenvalue weighted by Gasteiger charge is 2.06. The summed E-state index contributed by atoms with van der Waals surface area (Å²) in [7, 11) is 0. The van der Waals surface area contributed by atoms with Crippen LogP contribution in [-0.4, -0.2) is 26.1 Å². The summed E-state index contributed by atoms with van der Waals surface area (Å²) < 4.78 is 1.35. The lowest BCUT2D eigenvalue weighted by atomic mass is 10.3. The van der Waals surface area contributed by atoms with Crippen LogP contribution in [0.3, 0.4) is 0 Å². The van der Waals surface area contributed by atoms with Gasteiger partial charge in [0.15, 0.2) is 0 Å². The Morgan fingerprint density at radius 2 is 2.33 bits per heavy atom. The Kier molecular flexibility index (Phi) is 2.51. The molecule has 0 spiro atoms. The smallest absolute Gasteiger partial charge is 0.274 e. The fraction of sp³-hybridized carbons (Fsp3) is 0.444. The third-order valence-electron chi connectivity index (χ3n) is 2.17. The maximum Gasteiger partial charge on any atom is 0.274 e. The van der Waals surface area contributed by atoms with Crippen molar-refractivity contribution in [2.75, 3.05) is 6.54 Å². The van der Waals surface area contributed by atoms with Gasteiger partial charge in [0.05, 0.1) is 5.69 Å². The molecule has 0 aliphatic rings. The molecule has 6 heteroatoms. The van der Waals surface area contributed by atoms with Gasteiger partial charge in [0.1, 0.15) is 5.82 Å². The minimum absolute atomic E-state index is 0.143. The van der Waals surface area contributed by atoms with Crippen LogP contribution in [0.25, 0.3) is 5.78 Å². The zero-order chi connectivity index (χ0) is 10.8. The van der Waals surface area contributed by atoms with Gasteiger partial charge >= 0.3 is 0 Å². The molecule has 0 unspecified atom stereocenters. The first-order valence-corrected chi connectivity index (χ1v) is 4.92. The predicted octanol–water partition coefficient (Wildman–Crippen LogP) is -0.519. The van der Waals surface area contributed by atoms with E-state index in [1.54, 1.807) is 0 Å². The van der Waals surface area contributed by atoms with E-state index < -0.39 is 0 Å². The molecule has 2 aromatic rings. The minimum atomic E-state index is -0.143. The standard InChI is InChI=1S/C9H13N5O/c1-2-7-12-9-11-6(3-4-10)5-8(15)14(9)13-7/h5H,2-4,10H2,1H3,(H,11,12,13). The molecule has 3 N–H and O–H groups in total. The second kappa shape index (κ2) is 3.82. The van der Waals surface area contributed by atoms with E-state index in [2.05, 4.69) is 15.1 Å². The molecule has 80 valence electrons. The lowest BCUT2D eigenvalue weighted by Gasteiger charge is -1.96. The average molecular weight is 207 g/mol. The van der Waals surface area contributed by atoms with Crippen LogP contribution in [0.15, 0.2) is 10.9 Å². The monoisotopic (exact) mass is 207 g/mol. The fourth-order valence-electron chi connectivity index (χ4n) is 1.41. The van der Waals surface area contributed by atoms with Crippen LogP contribution >= 0.6 is 0 Å². The van der Waals surface area contributed by atoms with E-state index in [4.69, 9.17) is 5.73 Å². The number of rotatable bonds is 3. The molecule has 0 fully saturated rings. The van der Waals surface area contributed by atoms with Crippen molar-refractivity contribution in [3.63, 3.8) is 0 Å². The van der Waals surface area contributed by atoms with Crippen LogP contribution in [0.1, 0.15) is 18.4 Å². The van der Waals surface area contributed by atoms with Crippen LogP contribution in [0.4, 0.5) is 0 Å². The molecule has 2 aromatic heterocycles.